The molecule has 0 fully saturated rings. The van der Waals surface area contributed by atoms with Gasteiger partial charge >= 0.3 is 0 Å². The first-order valence-corrected chi connectivity index (χ1v) is 7.13. The Morgan fingerprint density at radius 3 is 2.33 bits per heavy atom. The molecule has 0 heterocycles. The fourth-order valence-electron chi connectivity index (χ4n) is 1.71. The molecule has 2 N–H and O–H groups in total. The highest BCUT2D eigenvalue weighted by molar-refractivity contribution is 9.11. The number of halogens is 2. The van der Waals surface area contributed by atoms with Gasteiger partial charge in [0.05, 0.1) is 5.69 Å². The zero-order valence-electron chi connectivity index (χ0n) is 9.87. The van der Waals surface area contributed by atoms with Crippen LogP contribution in [0.25, 0.3) is 0 Å². The van der Waals surface area contributed by atoms with Crippen molar-refractivity contribution in [2.45, 2.75) is 13.5 Å². The lowest BCUT2D eigenvalue weighted by Gasteiger charge is -2.12. The minimum absolute atomic E-state index is 0.355. The summed E-state index contributed by atoms with van der Waals surface area (Å²) in [4.78, 5) is 0. The van der Waals surface area contributed by atoms with E-state index in [0.717, 1.165) is 25.8 Å². The topological polar surface area (TPSA) is 32.3 Å². The van der Waals surface area contributed by atoms with Gasteiger partial charge in [0.15, 0.2) is 0 Å². The number of nitrogens with one attached hydrogen (secondary N) is 1. The molecule has 0 aliphatic rings. The first kappa shape index (κ1) is 13.4. The molecule has 2 aromatic carbocycles. The molecule has 0 bridgehead atoms. The van der Waals surface area contributed by atoms with E-state index in [2.05, 4.69) is 37.2 Å². The minimum atomic E-state index is 0.355. The average Bonchev–Trinajstić information content (AvgIpc) is 2.33. The van der Waals surface area contributed by atoms with E-state index >= 15 is 0 Å². The van der Waals surface area contributed by atoms with E-state index in [4.69, 9.17) is 0 Å². The van der Waals surface area contributed by atoms with E-state index in [-0.39, 0.29) is 0 Å². The second kappa shape index (κ2) is 5.76. The molecule has 0 aliphatic heterocycles. The molecule has 0 aromatic heterocycles. The van der Waals surface area contributed by atoms with E-state index in [1.54, 1.807) is 0 Å². The van der Waals surface area contributed by atoms with Gasteiger partial charge in [-0.25, -0.2) is 0 Å². The molecule has 2 nitrogen and oxygen atoms in total. The highest BCUT2D eigenvalue weighted by Crippen LogP contribution is 2.31. The lowest BCUT2D eigenvalue weighted by atomic mass is 10.1. The van der Waals surface area contributed by atoms with Crippen molar-refractivity contribution in [1.29, 1.82) is 0 Å². The summed E-state index contributed by atoms with van der Waals surface area (Å²) in [6.07, 6.45) is 0. The standard InChI is InChI=1S/C14H13Br2NO/c1-9-4-2-5-10(14(9)18)8-17-13-11(15)6-3-7-12(13)16/h2-7,17-18H,8H2,1H3. The van der Waals surface area contributed by atoms with Crippen molar-refractivity contribution in [3.63, 3.8) is 0 Å². The summed E-state index contributed by atoms with van der Waals surface area (Å²) in [5, 5.41) is 13.3. The number of benzene rings is 2. The Balaban J connectivity index is 2.19. The monoisotopic (exact) mass is 369 g/mol. The van der Waals surface area contributed by atoms with Crippen LogP contribution in [-0.2, 0) is 6.54 Å². The van der Waals surface area contributed by atoms with Crippen molar-refractivity contribution >= 4 is 37.5 Å². The number of aromatic hydroxyl groups is 1. The summed E-state index contributed by atoms with van der Waals surface area (Å²) in [6.45, 7) is 2.47. The van der Waals surface area contributed by atoms with E-state index in [0.29, 0.717) is 12.3 Å². The predicted octanol–water partition coefficient (Wildman–Crippen LogP) is 4.84. The lowest BCUT2D eigenvalue weighted by Crippen LogP contribution is -2.01. The van der Waals surface area contributed by atoms with Crippen LogP contribution in [0.5, 0.6) is 5.75 Å². The van der Waals surface area contributed by atoms with E-state index in [1.165, 1.54) is 0 Å². The van der Waals surface area contributed by atoms with E-state index < -0.39 is 0 Å². The van der Waals surface area contributed by atoms with Gasteiger partial charge in [-0.05, 0) is 56.5 Å². The van der Waals surface area contributed by atoms with Gasteiger partial charge in [0.25, 0.3) is 0 Å². The molecular weight excluding hydrogens is 358 g/mol. The number of para-hydroxylation sites is 2. The normalized spacial score (nSPS) is 10.4. The molecule has 2 aromatic rings. The summed E-state index contributed by atoms with van der Waals surface area (Å²) < 4.78 is 1.98. The Bertz CT molecular complexity index is 549. The SMILES string of the molecule is Cc1cccc(CNc2c(Br)cccc2Br)c1O. The molecule has 4 heteroatoms. The second-order valence-corrected chi connectivity index (χ2v) is 5.74. The number of hydrogen-bond acceptors (Lipinski definition) is 2. The minimum Gasteiger partial charge on any atom is -0.507 e. The largest absolute Gasteiger partial charge is 0.507 e. The number of phenols is 1. The van der Waals surface area contributed by atoms with Crippen LogP contribution in [0.15, 0.2) is 45.3 Å². The molecule has 0 aliphatic carbocycles. The predicted molar refractivity (Wildman–Crippen MR) is 82.0 cm³/mol. The lowest BCUT2D eigenvalue weighted by molar-refractivity contribution is 0.465. The summed E-state index contributed by atoms with van der Waals surface area (Å²) in [7, 11) is 0. The Hall–Kier alpha value is -1.00. The fraction of sp³-hybridized carbons (Fsp3) is 0.143. The average molecular weight is 371 g/mol. The van der Waals surface area contributed by atoms with Crippen LogP contribution < -0.4 is 5.32 Å². The third-order valence-corrected chi connectivity index (χ3v) is 4.06. The van der Waals surface area contributed by atoms with Gasteiger partial charge in [-0.3, -0.25) is 0 Å². The number of hydrogen-bond donors (Lipinski definition) is 2. The summed E-state index contributed by atoms with van der Waals surface area (Å²) in [5.41, 5.74) is 2.76. The first-order chi connectivity index (χ1) is 8.59. The van der Waals surface area contributed by atoms with Gasteiger partial charge in [0, 0.05) is 21.1 Å². The van der Waals surface area contributed by atoms with Gasteiger partial charge in [-0.1, -0.05) is 24.3 Å². The maximum atomic E-state index is 9.95. The summed E-state index contributed by atoms with van der Waals surface area (Å²) in [5.74, 6) is 0.355. The van der Waals surface area contributed by atoms with Gasteiger partial charge in [0.1, 0.15) is 5.75 Å². The van der Waals surface area contributed by atoms with Crippen molar-refractivity contribution < 1.29 is 5.11 Å². The van der Waals surface area contributed by atoms with Crippen molar-refractivity contribution in [1.82, 2.24) is 0 Å². The van der Waals surface area contributed by atoms with Crippen molar-refractivity contribution in [3.8, 4) is 5.75 Å². The number of anilines is 1. The molecule has 0 amide bonds. The second-order valence-electron chi connectivity index (χ2n) is 4.03. The summed E-state index contributed by atoms with van der Waals surface area (Å²) >= 11 is 7.00. The van der Waals surface area contributed by atoms with E-state index in [1.807, 2.05) is 43.3 Å². The Morgan fingerprint density at radius 2 is 1.67 bits per heavy atom. The van der Waals surface area contributed by atoms with Crippen LogP contribution in [0.1, 0.15) is 11.1 Å². The number of phenolic OH excluding ortho intramolecular Hbond substituents is 1. The first-order valence-electron chi connectivity index (χ1n) is 5.55. The molecule has 2 rings (SSSR count). The van der Waals surface area contributed by atoms with Gasteiger partial charge in [-0.2, -0.15) is 0 Å². The molecule has 0 spiro atoms. The number of rotatable bonds is 3. The van der Waals surface area contributed by atoms with Crippen LogP contribution in [-0.4, -0.2) is 5.11 Å². The smallest absolute Gasteiger partial charge is 0.123 e. The molecule has 0 atom stereocenters. The zero-order valence-corrected chi connectivity index (χ0v) is 13.0. The molecule has 0 unspecified atom stereocenters. The third kappa shape index (κ3) is 2.87. The quantitative estimate of drug-likeness (QED) is 0.810. The maximum Gasteiger partial charge on any atom is 0.123 e. The van der Waals surface area contributed by atoms with Crippen LogP contribution in [0.4, 0.5) is 5.69 Å². The molecule has 18 heavy (non-hydrogen) atoms. The Morgan fingerprint density at radius 1 is 1.06 bits per heavy atom. The Kier molecular flexibility index (Phi) is 4.30. The van der Waals surface area contributed by atoms with Gasteiger partial charge in [-0.15, -0.1) is 0 Å². The van der Waals surface area contributed by atoms with Crippen molar-refractivity contribution in [2.24, 2.45) is 0 Å². The molecule has 0 saturated carbocycles. The highest BCUT2D eigenvalue weighted by atomic mass is 79.9. The van der Waals surface area contributed by atoms with Crippen molar-refractivity contribution in [3.05, 3.63) is 56.5 Å². The van der Waals surface area contributed by atoms with Gasteiger partial charge < -0.3 is 10.4 Å². The molecular formula is C14H13Br2NO. The molecule has 0 radical (unpaired) electrons. The molecule has 0 saturated heterocycles. The third-order valence-electron chi connectivity index (χ3n) is 2.74. The Labute approximate surface area is 123 Å². The maximum absolute atomic E-state index is 9.95. The van der Waals surface area contributed by atoms with Gasteiger partial charge in [0.2, 0.25) is 0 Å². The number of aryl methyl sites for hydroxylation is 1. The highest BCUT2D eigenvalue weighted by Gasteiger charge is 2.07. The molecule has 94 valence electrons. The van der Waals surface area contributed by atoms with Crippen LogP contribution in [0, 0.1) is 6.92 Å². The van der Waals surface area contributed by atoms with Crippen LogP contribution >= 0.6 is 31.9 Å². The van der Waals surface area contributed by atoms with E-state index in [9.17, 15) is 5.11 Å². The fourth-order valence-corrected chi connectivity index (χ4v) is 2.99. The van der Waals surface area contributed by atoms with Crippen LogP contribution in [0.2, 0.25) is 0 Å². The zero-order chi connectivity index (χ0) is 13.1. The van der Waals surface area contributed by atoms with Crippen LogP contribution in [0.3, 0.4) is 0 Å². The van der Waals surface area contributed by atoms with Crippen molar-refractivity contribution in [2.75, 3.05) is 5.32 Å². The summed E-state index contributed by atoms with van der Waals surface area (Å²) in [6, 6.07) is 11.7.